The molecule has 1 aromatic rings. The number of hydrogen-bond donors (Lipinski definition) is 1. The Morgan fingerprint density at radius 3 is 2.24 bits per heavy atom. The number of hydrogen-bond acceptors (Lipinski definition) is 4. The van der Waals surface area contributed by atoms with E-state index in [1.807, 2.05) is 13.0 Å². The number of allylic oxidation sites excluding steroid dienone is 1. The van der Waals surface area contributed by atoms with Gasteiger partial charge in [0.05, 0.1) is 6.61 Å². The van der Waals surface area contributed by atoms with Gasteiger partial charge in [-0.2, -0.15) is 0 Å². The summed E-state index contributed by atoms with van der Waals surface area (Å²) in [5.74, 6) is -0.0302. The Labute approximate surface area is 175 Å². The maximum Gasteiger partial charge on any atom is 0.371 e. The van der Waals surface area contributed by atoms with Gasteiger partial charge in [-0.25, -0.2) is 9.59 Å². The van der Waals surface area contributed by atoms with Crippen molar-refractivity contribution < 1.29 is 24.2 Å². The lowest BCUT2D eigenvalue weighted by atomic mass is 10.0. The van der Waals surface area contributed by atoms with E-state index in [0.29, 0.717) is 18.8 Å². The molecule has 0 spiro atoms. The van der Waals surface area contributed by atoms with Crippen molar-refractivity contribution in [1.29, 1.82) is 0 Å². The van der Waals surface area contributed by atoms with Gasteiger partial charge in [0.2, 0.25) is 5.76 Å². The molecule has 0 atom stereocenters. The van der Waals surface area contributed by atoms with Crippen LogP contribution in [0.5, 0.6) is 5.75 Å². The first-order chi connectivity index (χ1) is 13.9. The summed E-state index contributed by atoms with van der Waals surface area (Å²) in [6.45, 7) is 10.3. The van der Waals surface area contributed by atoms with Gasteiger partial charge >= 0.3 is 11.9 Å². The number of aliphatic carboxylic acids is 1. The number of carboxylic acids is 1. The van der Waals surface area contributed by atoms with Crippen molar-refractivity contribution in [2.75, 3.05) is 6.61 Å². The van der Waals surface area contributed by atoms with E-state index in [2.05, 4.69) is 20.4 Å². The summed E-state index contributed by atoms with van der Waals surface area (Å²) in [5, 5.41) is 8.77. The van der Waals surface area contributed by atoms with Gasteiger partial charge in [-0.15, -0.1) is 0 Å². The standard InChI is InChI=1S/C13H24O2.C11H12O3/c1-4-13(14)15-11-9-7-5-6-8-10-12(2)3;1-2-6-10(11(12)13)14-9-7-4-3-5-8-9/h4,12H,1,5-11H2,2-3H3;3-8H,2H2,1H3,(H,12,13). The van der Waals surface area contributed by atoms with Crippen LogP contribution < -0.4 is 4.74 Å². The molecule has 0 aliphatic rings. The molecule has 0 aliphatic carbocycles. The molecule has 5 heteroatoms. The minimum Gasteiger partial charge on any atom is -0.475 e. The van der Waals surface area contributed by atoms with Crippen LogP contribution in [0.3, 0.4) is 0 Å². The average molecular weight is 405 g/mol. The third-order valence-electron chi connectivity index (χ3n) is 3.91. The van der Waals surface area contributed by atoms with Crippen LogP contribution in [0.25, 0.3) is 0 Å². The Hall–Kier alpha value is -2.56. The fourth-order valence-corrected chi connectivity index (χ4v) is 2.39. The van der Waals surface area contributed by atoms with Crippen LogP contribution in [0, 0.1) is 5.92 Å². The fraction of sp³-hybridized carbons (Fsp3) is 0.500. The molecule has 0 unspecified atom stereocenters. The van der Waals surface area contributed by atoms with Gasteiger partial charge in [-0.05, 0) is 37.0 Å². The zero-order valence-corrected chi connectivity index (χ0v) is 18.1. The molecule has 162 valence electrons. The molecule has 0 amide bonds. The third-order valence-corrected chi connectivity index (χ3v) is 3.91. The normalized spacial score (nSPS) is 10.7. The molecule has 0 aromatic heterocycles. The zero-order chi connectivity index (χ0) is 21.9. The number of para-hydroxylation sites is 1. The maximum atomic E-state index is 10.7. The second kappa shape index (κ2) is 17.5. The fourth-order valence-electron chi connectivity index (χ4n) is 2.39. The van der Waals surface area contributed by atoms with E-state index in [9.17, 15) is 9.59 Å². The summed E-state index contributed by atoms with van der Waals surface area (Å²) in [4.78, 5) is 21.4. The summed E-state index contributed by atoms with van der Waals surface area (Å²) in [7, 11) is 0. The number of esters is 1. The smallest absolute Gasteiger partial charge is 0.371 e. The molecule has 0 heterocycles. The van der Waals surface area contributed by atoms with Crippen LogP contribution in [-0.4, -0.2) is 23.7 Å². The number of carboxylic acid groups (broad SMARTS) is 1. The third kappa shape index (κ3) is 16.1. The lowest BCUT2D eigenvalue weighted by molar-refractivity contribution is -0.138. The van der Waals surface area contributed by atoms with Crippen LogP contribution in [-0.2, 0) is 14.3 Å². The van der Waals surface area contributed by atoms with E-state index in [-0.39, 0.29) is 11.7 Å². The van der Waals surface area contributed by atoms with Crippen molar-refractivity contribution in [2.24, 2.45) is 5.92 Å². The highest BCUT2D eigenvalue weighted by Crippen LogP contribution is 2.13. The Balaban J connectivity index is 0.000000541. The summed E-state index contributed by atoms with van der Waals surface area (Å²) in [5.41, 5.74) is 0. The van der Waals surface area contributed by atoms with E-state index >= 15 is 0 Å². The van der Waals surface area contributed by atoms with Gasteiger partial charge in [0.15, 0.2) is 0 Å². The first-order valence-corrected chi connectivity index (χ1v) is 10.4. The van der Waals surface area contributed by atoms with E-state index in [1.54, 1.807) is 24.3 Å². The maximum absolute atomic E-state index is 10.7. The molecule has 0 aliphatic heterocycles. The Bertz CT molecular complexity index is 605. The largest absolute Gasteiger partial charge is 0.475 e. The Kier molecular flexibility index (Phi) is 16.0. The van der Waals surface area contributed by atoms with Crippen molar-refractivity contribution in [3.05, 3.63) is 54.8 Å². The summed E-state index contributed by atoms with van der Waals surface area (Å²) < 4.78 is 10.1. The van der Waals surface area contributed by atoms with Crippen molar-refractivity contribution in [2.45, 2.75) is 65.7 Å². The lowest BCUT2D eigenvalue weighted by Crippen LogP contribution is -2.07. The lowest BCUT2D eigenvalue weighted by Gasteiger charge is -2.04. The summed E-state index contributed by atoms with van der Waals surface area (Å²) in [6.07, 6.45) is 10.7. The molecule has 0 radical (unpaired) electrons. The number of unbranched alkanes of at least 4 members (excludes halogenated alkanes) is 4. The highest BCUT2D eigenvalue weighted by atomic mass is 16.5. The van der Waals surface area contributed by atoms with Gasteiger partial charge in [0, 0.05) is 6.08 Å². The van der Waals surface area contributed by atoms with E-state index in [4.69, 9.17) is 14.6 Å². The quantitative estimate of drug-likeness (QED) is 0.185. The molecule has 1 aromatic carbocycles. The number of ether oxygens (including phenoxy) is 2. The molecular weight excluding hydrogens is 368 g/mol. The van der Waals surface area contributed by atoms with Gasteiger partial charge in [-0.3, -0.25) is 0 Å². The number of carbonyl (C=O) groups excluding carboxylic acids is 1. The molecular formula is C24H36O5. The topological polar surface area (TPSA) is 72.8 Å². The number of carbonyl (C=O) groups is 2. The van der Waals surface area contributed by atoms with Crippen molar-refractivity contribution in [3.8, 4) is 5.75 Å². The van der Waals surface area contributed by atoms with Crippen molar-refractivity contribution in [1.82, 2.24) is 0 Å². The monoisotopic (exact) mass is 404 g/mol. The van der Waals surface area contributed by atoms with Gasteiger partial charge in [0.1, 0.15) is 5.75 Å². The van der Waals surface area contributed by atoms with Crippen LogP contribution in [0.1, 0.15) is 65.7 Å². The molecule has 0 saturated heterocycles. The highest BCUT2D eigenvalue weighted by molar-refractivity contribution is 5.84. The molecule has 1 rings (SSSR count). The Morgan fingerprint density at radius 1 is 1.07 bits per heavy atom. The molecule has 5 nitrogen and oxygen atoms in total. The SMILES string of the molecule is C=CC(=O)OCCCCCCCC(C)C.CCC=C(Oc1ccccc1)C(=O)O. The first-order valence-electron chi connectivity index (χ1n) is 10.4. The van der Waals surface area contributed by atoms with Gasteiger partial charge in [-0.1, -0.05) is 77.7 Å². The van der Waals surface area contributed by atoms with Crippen molar-refractivity contribution in [3.63, 3.8) is 0 Å². The summed E-state index contributed by atoms with van der Waals surface area (Å²) in [6, 6.07) is 8.86. The predicted octanol–water partition coefficient (Wildman–Crippen LogP) is 6.16. The van der Waals surface area contributed by atoms with Gasteiger partial charge in [0.25, 0.3) is 0 Å². The number of benzene rings is 1. The second-order valence-electron chi connectivity index (χ2n) is 7.02. The summed E-state index contributed by atoms with van der Waals surface area (Å²) >= 11 is 0. The molecule has 29 heavy (non-hydrogen) atoms. The van der Waals surface area contributed by atoms with E-state index < -0.39 is 5.97 Å². The van der Waals surface area contributed by atoms with E-state index in [0.717, 1.165) is 18.8 Å². The zero-order valence-electron chi connectivity index (χ0n) is 18.1. The Morgan fingerprint density at radius 2 is 1.69 bits per heavy atom. The average Bonchev–Trinajstić information content (AvgIpc) is 2.70. The van der Waals surface area contributed by atoms with Crippen LogP contribution >= 0.6 is 0 Å². The van der Waals surface area contributed by atoms with Gasteiger partial charge < -0.3 is 14.6 Å². The van der Waals surface area contributed by atoms with Crippen molar-refractivity contribution >= 4 is 11.9 Å². The molecule has 0 fully saturated rings. The van der Waals surface area contributed by atoms with E-state index in [1.165, 1.54) is 37.8 Å². The minimum absolute atomic E-state index is 0.0290. The first kappa shape index (κ1) is 26.4. The molecule has 0 saturated carbocycles. The van der Waals surface area contributed by atoms with Crippen LogP contribution in [0.2, 0.25) is 0 Å². The molecule has 1 N–H and O–H groups in total. The van der Waals surface area contributed by atoms with Crippen LogP contribution in [0.4, 0.5) is 0 Å². The minimum atomic E-state index is -1.05. The predicted molar refractivity (Wildman–Crippen MR) is 117 cm³/mol. The highest BCUT2D eigenvalue weighted by Gasteiger charge is 2.08. The molecule has 0 bridgehead atoms. The second-order valence-corrected chi connectivity index (χ2v) is 7.02. The van der Waals surface area contributed by atoms with Crippen LogP contribution in [0.15, 0.2) is 54.8 Å². The number of rotatable bonds is 13.